The Labute approximate surface area is 119 Å². The fourth-order valence-corrected chi connectivity index (χ4v) is 1.77. The van der Waals surface area contributed by atoms with E-state index in [0.29, 0.717) is 0 Å². The molecule has 20 heavy (non-hydrogen) atoms. The molecule has 0 amide bonds. The molecule has 0 saturated carbocycles. The molecule has 1 aliphatic rings. The summed E-state index contributed by atoms with van der Waals surface area (Å²) >= 11 is 0. The molecule has 5 N–H and O–H groups in total. The number of epoxide rings is 1. The zero-order valence-corrected chi connectivity index (χ0v) is 11.3. The van der Waals surface area contributed by atoms with Crippen LogP contribution in [0.25, 0.3) is 0 Å². The van der Waals surface area contributed by atoms with Crippen molar-refractivity contribution in [3.8, 4) is 0 Å². The van der Waals surface area contributed by atoms with E-state index in [0.717, 1.165) is 17.7 Å². The summed E-state index contributed by atoms with van der Waals surface area (Å²) in [5, 5.41) is 8.08. The number of hydrogen-bond donors (Lipinski definition) is 3. The molecule has 0 bridgehead atoms. The van der Waals surface area contributed by atoms with E-state index < -0.39 is 5.66 Å². The Kier molecular flexibility index (Phi) is 4.87. The van der Waals surface area contributed by atoms with E-state index in [1.54, 1.807) is 0 Å². The molecule has 1 aliphatic heterocycles. The van der Waals surface area contributed by atoms with E-state index in [1.807, 2.05) is 60.7 Å². The lowest BCUT2D eigenvalue weighted by atomic mass is 9.93. The lowest BCUT2D eigenvalue weighted by Gasteiger charge is -2.25. The van der Waals surface area contributed by atoms with Crippen molar-refractivity contribution in [2.75, 3.05) is 13.2 Å². The van der Waals surface area contributed by atoms with Crippen molar-refractivity contribution in [3.05, 3.63) is 71.8 Å². The Morgan fingerprint density at radius 1 is 0.950 bits per heavy atom. The minimum Gasteiger partial charge on any atom is -0.394 e. The van der Waals surface area contributed by atoms with Gasteiger partial charge in [-0.25, -0.2) is 0 Å². The molecule has 4 nitrogen and oxygen atoms in total. The quantitative estimate of drug-likeness (QED) is 0.578. The number of aliphatic hydroxyl groups excluding tert-OH is 1. The third-order valence-electron chi connectivity index (χ3n) is 3.11. The maximum Gasteiger partial charge on any atom is 0.116 e. The van der Waals surface area contributed by atoms with Gasteiger partial charge in [-0.3, -0.25) is 0 Å². The fourth-order valence-electron chi connectivity index (χ4n) is 1.77. The van der Waals surface area contributed by atoms with Gasteiger partial charge in [0.1, 0.15) is 11.8 Å². The molecular weight excluding hydrogens is 252 g/mol. The number of aliphatic hydroxyl groups is 1. The Hall–Kier alpha value is -1.72. The van der Waals surface area contributed by atoms with Crippen LogP contribution in [0.1, 0.15) is 11.1 Å². The van der Waals surface area contributed by atoms with Crippen molar-refractivity contribution in [2.45, 2.75) is 11.8 Å². The largest absolute Gasteiger partial charge is 0.394 e. The van der Waals surface area contributed by atoms with Crippen LogP contribution in [0.2, 0.25) is 0 Å². The second-order valence-electron chi connectivity index (χ2n) is 4.74. The molecule has 0 radical (unpaired) electrons. The Bertz CT molecular complexity index is 469. The summed E-state index contributed by atoms with van der Waals surface area (Å²) in [6.45, 7) is 0.955. The highest BCUT2D eigenvalue weighted by atomic mass is 16.6. The van der Waals surface area contributed by atoms with Crippen molar-refractivity contribution in [1.29, 1.82) is 0 Å². The van der Waals surface area contributed by atoms with Crippen LogP contribution in [0.15, 0.2) is 60.7 Å². The van der Waals surface area contributed by atoms with Crippen LogP contribution in [0.4, 0.5) is 0 Å². The first-order valence-corrected chi connectivity index (χ1v) is 6.56. The summed E-state index contributed by atoms with van der Waals surface area (Å²) in [5.41, 5.74) is 13.2. The first kappa shape index (κ1) is 14.7. The molecular formula is C16H20N2O2. The third kappa shape index (κ3) is 3.88. The van der Waals surface area contributed by atoms with Crippen molar-refractivity contribution < 1.29 is 9.84 Å². The predicted molar refractivity (Wildman–Crippen MR) is 78.9 cm³/mol. The zero-order valence-electron chi connectivity index (χ0n) is 11.3. The first-order chi connectivity index (χ1) is 9.64. The summed E-state index contributed by atoms with van der Waals surface area (Å²) in [6.07, 6.45) is 0.190. The highest BCUT2D eigenvalue weighted by Gasteiger charge is 2.23. The van der Waals surface area contributed by atoms with Gasteiger partial charge in [0.15, 0.2) is 0 Å². The SMILES string of the molecule is NC(N)(c1ccccc1)c1ccccc1.OCC1CO1. The van der Waals surface area contributed by atoms with E-state index in [1.165, 1.54) is 0 Å². The molecule has 1 unspecified atom stereocenters. The van der Waals surface area contributed by atoms with Gasteiger partial charge in [0.25, 0.3) is 0 Å². The second kappa shape index (κ2) is 6.63. The fraction of sp³-hybridized carbons (Fsp3) is 0.250. The molecule has 1 saturated heterocycles. The van der Waals surface area contributed by atoms with Crippen LogP contribution < -0.4 is 11.5 Å². The van der Waals surface area contributed by atoms with E-state index in [2.05, 4.69) is 4.74 Å². The average Bonchev–Trinajstić information content (AvgIpc) is 3.34. The molecule has 1 fully saturated rings. The molecule has 0 aromatic heterocycles. The van der Waals surface area contributed by atoms with Gasteiger partial charge in [-0.1, -0.05) is 60.7 Å². The normalized spacial score (nSPS) is 17.1. The van der Waals surface area contributed by atoms with E-state index in [-0.39, 0.29) is 12.7 Å². The van der Waals surface area contributed by atoms with Gasteiger partial charge in [0.2, 0.25) is 0 Å². The number of benzene rings is 2. The number of nitrogens with two attached hydrogens (primary N) is 2. The zero-order chi connectivity index (χ0) is 14.4. The Balaban J connectivity index is 0.000000247. The van der Waals surface area contributed by atoms with Gasteiger partial charge >= 0.3 is 0 Å². The molecule has 1 atom stereocenters. The van der Waals surface area contributed by atoms with Crippen molar-refractivity contribution in [3.63, 3.8) is 0 Å². The third-order valence-corrected chi connectivity index (χ3v) is 3.11. The topological polar surface area (TPSA) is 84.8 Å². The molecule has 4 heteroatoms. The van der Waals surface area contributed by atoms with Crippen LogP contribution in [-0.4, -0.2) is 24.4 Å². The van der Waals surface area contributed by atoms with Crippen LogP contribution in [0.5, 0.6) is 0 Å². The molecule has 0 aliphatic carbocycles. The van der Waals surface area contributed by atoms with Gasteiger partial charge in [-0.2, -0.15) is 0 Å². The molecule has 0 spiro atoms. The Morgan fingerprint density at radius 2 is 1.35 bits per heavy atom. The van der Waals surface area contributed by atoms with Crippen LogP contribution in [-0.2, 0) is 10.4 Å². The van der Waals surface area contributed by atoms with E-state index in [9.17, 15) is 0 Å². The van der Waals surface area contributed by atoms with Gasteiger partial charge < -0.3 is 21.3 Å². The van der Waals surface area contributed by atoms with Gasteiger partial charge in [0.05, 0.1) is 13.2 Å². The minimum atomic E-state index is -0.914. The average molecular weight is 272 g/mol. The van der Waals surface area contributed by atoms with Crippen molar-refractivity contribution >= 4 is 0 Å². The molecule has 3 rings (SSSR count). The highest BCUT2D eigenvalue weighted by Crippen LogP contribution is 2.20. The van der Waals surface area contributed by atoms with Crippen molar-refractivity contribution in [2.24, 2.45) is 11.5 Å². The smallest absolute Gasteiger partial charge is 0.116 e. The monoisotopic (exact) mass is 272 g/mol. The predicted octanol–water partition coefficient (Wildman–Crippen LogP) is 1.18. The lowest BCUT2D eigenvalue weighted by Crippen LogP contribution is -2.46. The van der Waals surface area contributed by atoms with Crippen LogP contribution in [0, 0.1) is 0 Å². The summed E-state index contributed by atoms with van der Waals surface area (Å²) in [5.74, 6) is 0. The van der Waals surface area contributed by atoms with Crippen LogP contribution in [0.3, 0.4) is 0 Å². The first-order valence-electron chi connectivity index (χ1n) is 6.56. The van der Waals surface area contributed by atoms with Crippen LogP contribution >= 0.6 is 0 Å². The maximum absolute atomic E-state index is 8.08. The minimum absolute atomic E-state index is 0.190. The lowest BCUT2D eigenvalue weighted by molar-refractivity contribution is 0.244. The standard InChI is InChI=1S/C13H14N2.C3H6O2/c14-13(15,11-7-3-1-4-8-11)12-9-5-2-6-10-12;4-1-3-2-5-3/h1-10H,14-15H2;3-4H,1-2H2. The maximum atomic E-state index is 8.08. The summed E-state index contributed by atoms with van der Waals surface area (Å²) in [4.78, 5) is 0. The summed E-state index contributed by atoms with van der Waals surface area (Å²) < 4.78 is 4.61. The van der Waals surface area contributed by atoms with Gasteiger partial charge in [-0.15, -0.1) is 0 Å². The Morgan fingerprint density at radius 3 is 1.60 bits per heavy atom. The summed E-state index contributed by atoms with van der Waals surface area (Å²) in [7, 11) is 0. The molecule has 2 aromatic rings. The number of hydrogen-bond acceptors (Lipinski definition) is 4. The van der Waals surface area contributed by atoms with Crippen molar-refractivity contribution in [1.82, 2.24) is 0 Å². The molecule has 2 aromatic carbocycles. The van der Waals surface area contributed by atoms with E-state index >= 15 is 0 Å². The second-order valence-corrected chi connectivity index (χ2v) is 4.74. The number of ether oxygens (including phenoxy) is 1. The number of rotatable bonds is 3. The molecule has 1 heterocycles. The highest BCUT2D eigenvalue weighted by molar-refractivity contribution is 5.35. The van der Waals surface area contributed by atoms with Gasteiger partial charge in [-0.05, 0) is 11.1 Å². The summed E-state index contributed by atoms with van der Waals surface area (Å²) in [6, 6.07) is 19.4. The van der Waals surface area contributed by atoms with Gasteiger partial charge in [0, 0.05) is 0 Å². The molecule has 106 valence electrons. The van der Waals surface area contributed by atoms with E-state index in [4.69, 9.17) is 16.6 Å².